The van der Waals surface area contributed by atoms with Crippen molar-refractivity contribution >= 4 is 17.2 Å². The second kappa shape index (κ2) is 6.91. The van der Waals surface area contributed by atoms with Crippen LogP contribution in [-0.4, -0.2) is 35.4 Å². The summed E-state index contributed by atoms with van der Waals surface area (Å²) < 4.78 is 0. The van der Waals surface area contributed by atoms with Gasteiger partial charge in [0.2, 0.25) is 0 Å². The van der Waals surface area contributed by atoms with Crippen molar-refractivity contribution in [2.45, 2.75) is 19.4 Å². The molecule has 0 spiro atoms. The van der Waals surface area contributed by atoms with Crippen molar-refractivity contribution in [3.8, 4) is 0 Å². The quantitative estimate of drug-likeness (QED) is 0.892. The number of piperidine rings is 1. The van der Waals surface area contributed by atoms with E-state index < -0.39 is 0 Å². The predicted molar refractivity (Wildman–Crippen MR) is 85.4 cm³/mol. The molecule has 1 amide bonds. The highest BCUT2D eigenvalue weighted by molar-refractivity contribution is 7.09. The lowest BCUT2D eigenvalue weighted by atomic mass is 9.98. The number of thiophene rings is 1. The second-order valence-electron chi connectivity index (χ2n) is 5.62. The van der Waals surface area contributed by atoms with Crippen molar-refractivity contribution in [2.24, 2.45) is 5.92 Å². The molecule has 4 nitrogen and oxygen atoms in total. The van der Waals surface area contributed by atoms with Gasteiger partial charge in [-0.05, 0) is 48.9 Å². The van der Waals surface area contributed by atoms with Crippen LogP contribution < -0.4 is 5.32 Å². The minimum Gasteiger partial charge on any atom is -0.357 e. The molecule has 0 aliphatic carbocycles. The number of rotatable bonds is 5. The van der Waals surface area contributed by atoms with Gasteiger partial charge in [-0.15, -0.1) is 11.3 Å². The van der Waals surface area contributed by atoms with E-state index in [0.29, 0.717) is 11.6 Å². The summed E-state index contributed by atoms with van der Waals surface area (Å²) in [6.07, 6.45) is 4.19. The van der Waals surface area contributed by atoms with Gasteiger partial charge in [0.25, 0.3) is 5.91 Å². The van der Waals surface area contributed by atoms with E-state index in [2.05, 4.69) is 32.7 Å². The van der Waals surface area contributed by atoms with E-state index >= 15 is 0 Å². The van der Waals surface area contributed by atoms with E-state index in [0.717, 1.165) is 19.6 Å². The third-order valence-electron chi connectivity index (χ3n) is 3.96. The molecule has 0 unspecified atom stereocenters. The molecule has 1 aliphatic heterocycles. The summed E-state index contributed by atoms with van der Waals surface area (Å²) in [5, 5.41) is 5.17. The third kappa shape index (κ3) is 3.95. The Kier molecular flexibility index (Phi) is 4.72. The van der Waals surface area contributed by atoms with Crippen molar-refractivity contribution in [3.05, 3.63) is 46.4 Å². The zero-order chi connectivity index (χ0) is 14.5. The fourth-order valence-electron chi connectivity index (χ4n) is 2.89. The minimum absolute atomic E-state index is 0.00428. The number of carbonyl (C=O) groups excluding carboxylic acids is 1. The summed E-state index contributed by atoms with van der Waals surface area (Å²) in [7, 11) is 0. The number of aromatic nitrogens is 1. The lowest BCUT2D eigenvalue weighted by molar-refractivity contribution is 0.0926. The van der Waals surface area contributed by atoms with Crippen molar-refractivity contribution in [1.82, 2.24) is 15.2 Å². The average molecular weight is 303 g/mol. The van der Waals surface area contributed by atoms with Crippen LogP contribution in [0.25, 0.3) is 0 Å². The molecule has 2 N–H and O–H groups in total. The fourth-order valence-corrected chi connectivity index (χ4v) is 3.63. The maximum absolute atomic E-state index is 11.9. The highest BCUT2D eigenvalue weighted by atomic mass is 32.1. The standard InChI is InChI=1S/C16H21N3OS/c20-16(15-6-1-7-17-15)18-10-13-4-2-8-19(11-13)12-14-5-3-9-21-14/h1,3,5-7,9,13,17H,2,4,8,10-12H2,(H,18,20)/t13-/m0/s1. The van der Waals surface area contributed by atoms with Crippen LogP contribution >= 0.6 is 11.3 Å². The molecule has 1 aliphatic rings. The molecule has 1 atom stereocenters. The first-order chi connectivity index (χ1) is 10.3. The van der Waals surface area contributed by atoms with Crippen LogP contribution in [0.15, 0.2) is 35.8 Å². The van der Waals surface area contributed by atoms with Gasteiger partial charge in [0.15, 0.2) is 0 Å². The highest BCUT2D eigenvalue weighted by Crippen LogP contribution is 2.20. The minimum atomic E-state index is -0.00428. The highest BCUT2D eigenvalue weighted by Gasteiger charge is 2.21. The van der Waals surface area contributed by atoms with Crippen molar-refractivity contribution in [3.63, 3.8) is 0 Å². The molecule has 21 heavy (non-hydrogen) atoms. The summed E-state index contributed by atoms with van der Waals surface area (Å²) in [5.74, 6) is 0.549. The van der Waals surface area contributed by atoms with Crippen LogP contribution in [0.3, 0.4) is 0 Å². The number of amides is 1. The van der Waals surface area contributed by atoms with E-state index in [1.165, 1.54) is 24.3 Å². The predicted octanol–water partition coefficient (Wildman–Crippen LogP) is 2.72. The van der Waals surface area contributed by atoms with E-state index in [1.54, 1.807) is 12.3 Å². The molecule has 0 radical (unpaired) electrons. The molecular weight excluding hydrogens is 282 g/mol. The molecule has 2 aromatic heterocycles. The first-order valence-electron chi connectivity index (χ1n) is 7.47. The third-order valence-corrected chi connectivity index (χ3v) is 4.82. The van der Waals surface area contributed by atoms with E-state index in [9.17, 15) is 4.79 Å². The van der Waals surface area contributed by atoms with Crippen LogP contribution in [0.4, 0.5) is 0 Å². The first kappa shape index (κ1) is 14.4. The summed E-state index contributed by atoms with van der Waals surface area (Å²) >= 11 is 1.82. The summed E-state index contributed by atoms with van der Waals surface area (Å²) in [5.41, 5.74) is 0.640. The second-order valence-corrected chi connectivity index (χ2v) is 6.65. The SMILES string of the molecule is O=C(NC[C@@H]1CCCN(Cc2cccs2)C1)c1ccc[nH]1. The number of hydrogen-bond acceptors (Lipinski definition) is 3. The Labute approximate surface area is 129 Å². The number of likely N-dealkylation sites (tertiary alicyclic amines) is 1. The number of carbonyl (C=O) groups is 1. The molecule has 3 rings (SSSR count). The largest absolute Gasteiger partial charge is 0.357 e. The van der Waals surface area contributed by atoms with Gasteiger partial charge >= 0.3 is 0 Å². The van der Waals surface area contributed by atoms with Crippen LogP contribution in [0.1, 0.15) is 28.2 Å². The monoisotopic (exact) mass is 303 g/mol. The van der Waals surface area contributed by atoms with Gasteiger partial charge in [0, 0.05) is 30.7 Å². The van der Waals surface area contributed by atoms with Crippen molar-refractivity contribution in [1.29, 1.82) is 0 Å². The first-order valence-corrected chi connectivity index (χ1v) is 8.35. The Morgan fingerprint density at radius 2 is 2.38 bits per heavy atom. The maximum atomic E-state index is 11.9. The van der Waals surface area contributed by atoms with Gasteiger partial charge in [-0.2, -0.15) is 0 Å². The molecule has 0 aromatic carbocycles. The van der Waals surface area contributed by atoms with Crippen molar-refractivity contribution in [2.75, 3.05) is 19.6 Å². The number of hydrogen-bond donors (Lipinski definition) is 2. The van der Waals surface area contributed by atoms with Crippen LogP contribution in [0.2, 0.25) is 0 Å². The average Bonchev–Trinajstić information content (AvgIpc) is 3.18. The van der Waals surface area contributed by atoms with E-state index in [4.69, 9.17) is 0 Å². The number of aromatic amines is 1. The van der Waals surface area contributed by atoms with Gasteiger partial charge in [0.05, 0.1) is 0 Å². The lowest BCUT2D eigenvalue weighted by Gasteiger charge is -2.32. The molecule has 5 heteroatoms. The number of nitrogens with zero attached hydrogens (tertiary/aromatic N) is 1. The summed E-state index contributed by atoms with van der Waals surface area (Å²) in [6.45, 7) is 4.04. The molecule has 0 saturated carbocycles. The van der Waals surface area contributed by atoms with Gasteiger partial charge in [-0.3, -0.25) is 9.69 Å². The van der Waals surface area contributed by atoms with Crippen LogP contribution in [-0.2, 0) is 6.54 Å². The molecule has 2 aromatic rings. The fraction of sp³-hybridized carbons (Fsp3) is 0.438. The Bertz CT molecular complexity index is 550. The summed E-state index contributed by atoms with van der Waals surface area (Å²) in [4.78, 5) is 18.8. The van der Waals surface area contributed by atoms with E-state index in [-0.39, 0.29) is 5.91 Å². The molecule has 1 saturated heterocycles. The normalized spacial score (nSPS) is 19.5. The smallest absolute Gasteiger partial charge is 0.267 e. The Balaban J connectivity index is 1.46. The Morgan fingerprint density at radius 1 is 1.43 bits per heavy atom. The van der Waals surface area contributed by atoms with Crippen LogP contribution in [0.5, 0.6) is 0 Å². The number of H-pyrrole nitrogens is 1. The summed E-state index contributed by atoms with van der Waals surface area (Å²) in [6, 6.07) is 7.96. The van der Waals surface area contributed by atoms with Crippen molar-refractivity contribution < 1.29 is 4.79 Å². The topological polar surface area (TPSA) is 48.1 Å². The molecular formula is C16H21N3OS. The zero-order valence-corrected chi connectivity index (χ0v) is 12.9. The van der Waals surface area contributed by atoms with Gasteiger partial charge < -0.3 is 10.3 Å². The molecule has 0 bridgehead atoms. The molecule has 1 fully saturated rings. The Hall–Kier alpha value is -1.59. The van der Waals surface area contributed by atoms with Gasteiger partial charge in [-0.25, -0.2) is 0 Å². The number of nitrogens with one attached hydrogen (secondary N) is 2. The van der Waals surface area contributed by atoms with E-state index in [1.807, 2.05) is 17.4 Å². The Morgan fingerprint density at radius 3 is 3.14 bits per heavy atom. The van der Waals surface area contributed by atoms with Crippen LogP contribution in [0, 0.1) is 5.92 Å². The maximum Gasteiger partial charge on any atom is 0.267 e. The zero-order valence-electron chi connectivity index (χ0n) is 12.0. The van der Waals surface area contributed by atoms with Gasteiger partial charge in [-0.1, -0.05) is 6.07 Å². The lowest BCUT2D eigenvalue weighted by Crippen LogP contribution is -2.40. The van der Waals surface area contributed by atoms with Gasteiger partial charge in [0.1, 0.15) is 5.69 Å². The molecule has 3 heterocycles. The molecule has 112 valence electrons.